The van der Waals surface area contributed by atoms with Crippen molar-refractivity contribution in [2.75, 3.05) is 6.61 Å². The molecule has 0 saturated carbocycles. The summed E-state index contributed by atoms with van der Waals surface area (Å²) in [5, 5.41) is 2.92. The largest absolute Gasteiger partial charge is 0.368 e. The number of halogens is 1. The summed E-state index contributed by atoms with van der Waals surface area (Å²) >= 11 is 5.71. The van der Waals surface area contributed by atoms with Crippen molar-refractivity contribution < 1.29 is 14.3 Å². The highest BCUT2D eigenvalue weighted by atomic mass is 35.5. The van der Waals surface area contributed by atoms with Gasteiger partial charge in [-0.3, -0.25) is 9.59 Å². The Morgan fingerprint density at radius 2 is 1.92 bits per heavy atom. The fourth-order valence-electron chi connectivity index (χ4n) is 2.06. The monoisotopic (exact) mass is 347 g/mol. The Balaban J connectivity index is 1.82. The third kappa shape index (κ3) is 5.98. The van der Waals surface area contributed by atoms with E-state index in [0.717, 1.165) is 11.1 Å². The van der Waals surface area contributed by atoms with Crippen molar-refractivity contribution in [2.24, 2.45) is 5.73 Å². The van der Waals surface area contributed by atoms with Gasteiger partial charge in [-0.25, -0.2) is 4.98 Å². The maximum Gasteiger partial charge on any atom is 0.246 e. The molecule has 0 aliphatic heterocycles. The third-order valence-corrected chi connectivity index (χ3v) is 3.48. The van der Waals surface area contributed by atoms with Crippen molar-refractivity contribution in [3.05, 3.63) is 64.9 Å². The van der Waals surface area contributed by atoms with Gasteiger partial charge in [0.25, 0.3) is 0 Å². The van der Waals surface area contributed by atoms with E-state index in [2.05, 4.69) is 10.3 Å². The van der Waals surface area contributed by atoms with Crippen LogP contribution in [0.15, 0.2) is 48.7 Å². The number of pyridine rings is 1. The second-order valence-corrected chi connectivity index (χ2v) is 5.58. The molecule has 3 N–H and O–H groups in total. The average Bonchev–Trinajstić information content (AvgIpc) is 2.57. The lowest BCUT2D eigenvalue weighted by molar-refractivity contribution is -0.130. The second-order valence-electron chi connectivity index (χ2n) is 5.19. The van der Waals surface area contributed by atoms with Gasteiger partial charge in [0.1, 0.15) is 17.8 Å². The van der Waals surface area contributed by atoms with Crippen molar-refractivity contribution >= 4 is 23.4 Å². The van der Waals surface area contributed by atoms with E-state index in [-0.39, 0.29) is 13.0 Å². The zero-order valence-electron chi connectivity index (χ0n) is 12.9. The van der Waals surface area contributed by atoms with Crippen LogP contribution in [0, 0.1) is 0 Å². The summed E-state index contributed by atoms with van der Waals surface area (Å²) in [6, 6.07) is 12.0. The van der Waals surface area contributed by atoms with Crippen LogP contribution in [-0.2, 0) is 27.4 Å². The van der Waals surface area contributed by atoms with Gasteiger partial charge >= 0.3 is 0 Å². The first-order chi connectivity index (χ1) is 11.5. The number of aromatic nitrogens is 1. The smallest absolute Gasteiger partial charge is 0.246 e. The van der Waals surface area contributed by atoms with Gasteiger partial charge in [0.15, 0.2) is 0 Å². The zero-order valence-corrected chi connectivity index (χ0v) is 13.7. The van der Waals surface area contributed by atoms with Crippen molar-refractivity contribution in [3.8, 4) is 0 Å². The minimum atomic E-state index is -0.833. The fourth-order valence-corrected chi connectivity index (χ4v) is 2.17. The standard InChI is InChI=1S/C17H18ClN3O3/c18-15-7-6-13(9-20-15)8-14(17(19)23)21-16(22)11-24-10-12-4-2-1-3-5-12/h1-7,9,14H,8,10-11H2,(H2,19,23)(H,21,22)/t14-/m1/s1. The van der Waals surface area contributed by atoms with E-state index >= 15 is 0 Å². The molecule has 24 heavy (non-hydrogen) atoms. The quantitative estimate of drug-likeness (QED) is 0.707. The van der Waals surface area contributed by atoms with Crippen LogP contribution in [0.3, 0.4) is 0 Å². The molecule has 0 bridgehead atoms. The fraction of sp³-hybridized carbons (Fsp3) is 0.235. The molecule has 2 amide bonds. The minimum absolute atomic E-state index is 0.155. The summed E-state index contributed by atoms with van der Waals surface area (Å²) in [5.74, 6) is -1.03. The van der Waals surface area contributed by atoms with Gasteiger partial charge in [0.2, 0.25) is 11.8 Å². The molecule has 1 atom stereocenters. The molecule has 2 aromatic rings. The van der Waals surface area contributed by atoms with E-state index in [1.807, 2.05) is 30.3 Å². The number of primary amides is 1. The van der Waals surface area contributed by atoms with Crippen molar-refractivity contribution in [1.82, 2.24) is 10.3 Å². The van der Waals surface area contributed by atoms with E-state index in [1.165, 1.54) is 6.20 Å². The van der Waals surface area contributed by atoms with Gasteiger partial charge in [-0.1, -0.05) is 48.0 Å². The van der Waals surface area contributed by atoms with Gasteiger partial charge in [0, 0.05) is 12.6 Å². The number of carbonyl (C=O) groups is 2. The number of hydrogen-bond donors (Lipinski definition) is 2. The predicted octanol–water partition coefficient (Wildman–Crippen LogP) is 1.46. The molecule has 0 unspecified atom stereocenters. The molecule has 0 radical (unpaired) electrons. The summed E-state index contributed by atoms with van der Waals surface area (Å²) in [5.41, 5.74) is 7.05. The highest BCUT2D eigenvalue weighted by Gasteiger charge is 2.18. The van der Waals surface area contributed by atoms with E-state index in [0.29, 0.717) is 11.8 Å². The average molecular weight is 348 g/mol. The Bertz CT molecular complexity index is 677. The highest BCUT2D eigenvalue weighted by Crippen LogP contribution is 2.07. The Labute approximate surface area is 145 Å². The van der Waals surface area contributed by atoms with E-state index in [9.17, 15) is 9.59 Å². The molecule has 1 aromatic heterocycles. The lowest BCUT2D eigenvalue weighted by atomic mass is 10.1. The van der Waals surface area contributed by atoms with Gasteiger partial charge < -0.3 is 15.8 Å². The number of carbonyl (C=O) groups excluding carboxylic acids is 2. The molecule has 1 heterocycles. The summed E-state index contributed by atoms with van der Waals surface area (Å²) in [6.07, 6.45) is 1.78. The number of ether oxygens (including phenoxy) is 1. The van der Waals surface area contributed by atoms with E-state index in [1.54, 1.807) is 12.1 Å². The van der Waals surface area contributed by atoms with Gasteiger partial charge in [-0.05, 0) is 17.2 Å². The van der Waals surface area contributed by atoms with Gasteiger partial charge in [0.05, 0.1) is 6.61 Å². The summed E-state index contributed by atoms with van der Waals surface area (Å²) < 4.78 is 5.33. The van der Waals surface area contributed by atoms with Crippen molar-refractivity contribution in [3.63, 3.8) is 0 Å². The van der Waals surface area contributed by atoms with Gasteiger partial charge in [-0.15, -0.1) is 0 Å². The number of benzene rings is 1. The molecule has 6 nitrogen and oxygen atoms in total. The lowest BCUT2D eigenvalue weighted by Gasteiger charge is -2.15. The molecule has 0 aliphatic carbocycles. The van der Waals surface area contributed by atoms with Crippen LogP contribution in [0.1, 0.15) is 11.1 Å². The Morgan fingerprint density at radius 1 is 1.17 bits per heavy atom. The predicted molar refractivity (Wildman–Crippen MR) is 90.2 cm³/mol. The summed E-state index contributed by atoms with van der Waals surface area (Å²) in [6.45, 7) is 0.161. The van der Waals surface area contributed by atoms with Crippen molar-refractivity contribution in [2.45, 2.75) is 19.1 Å². The van der Waals surface area contributed by atoms with Crippen LogP contribution in [0.4, 0.5) is 0 Å². The number of rotatable bonds is 8. The van der Waals surface area contributed by atoms with Crippen LogP contribution in [-0.4, -0.2) is 29.4 Å². The summed E-state index contributed by atoms with van der Waals surface area (Å²) in [4.78, 5) is 27.4. The number of amides is 2. The van der Waals surface area contributed by atoms with E-state index in [4.69, 9.17) is 22.1 Å². The molecular formula is C17H18ClN3O3. The van der Waals surface area contributed by atoms with Crippen LogP contribution in [0.2, 0.25) is 5.15 Å². The normalized spacial score (nSPS) is 11.7. The SMILES string of the molecule is NC(=O)[C@@H](Cc1ccc(Cl)nc1)NC(=O)COCc1ccccc1. The first-order valence-electron chi connectivity index (χ1n) is 7.35. The molecule has 7 heteroatoms. The van der Waals surface area contributed by atoms with Crippen LogP contribution in [0.5, 0.6) is 0 Å². The molecular weight excluding hydrogens is 330 g/mol. The maximum atomic E-state index is 11.9. The summed E-state index contributed by atoms with van der Waals surface area (Å²) in [7, 11) is 0. The van der Waals surface area contributed by atoms with Crippen molar-refractivity contribution in [1.29, 1.82) is 0 Å². The maximum absolute atomic E-state index is 11.9. The number of hydrogen-bond acceptors (Lipinski definition) is 4. The van der Waals surface area contributed by atoms with E-state index < -0.39 is 17.9 Å². The first-order valence-corrected chi connectivity index (χ1v) is 7.73. The van der Waals surface area contributed by atoms with Crippen LogP contribution in [0.25, 0.3) is 0 Å². The highest BCUT2D eigenvalue weighted by molar-refractivity contribution is 6.29. The second kappa shape index (κ2) is 9.00. The van der Waals surface area contributed by atoms with Crippen LogP contribution < -0.4 is 11.1 Å². The Kier molecular flexibility index (Phi) is 6.72. The Hall–Kier alpha value is -2.44. The third-order valence-electron chi connectivity index (χ3n) is 3.25. The number of nitrogens with one attached hydrogen (secondary N) is 1. The lowest BCUT2D eigenvalue weighted by Crippen LogP contribution is -2.47. The molecule has 0 aliphatic rings. The zero-order chi connectivity index (χ0) is 17.4. The number of nitrogens with zero attached hydrogens (tertiary/aromatic N) is 1. The van der Waals surface area contributed by atoms with Gasteiger partial charge in [-0.2, -0.15) is 0 Å². The molecule has 2 rings (SSSR count). The topological polar surface area (TPSA) is 94.3 Å². The Morgan fingerprint density at radius 3 is 2.54 bits per heavy atom. The minimum Gasteiger partial charge on any atom is -0.368 e. The molecule has 0 spiro atoms. The van der Waals surface area contributed by atoms with Crippen LogP contribution >= 0.6 is 11.6 Å². The molecule has 1 aromatic carbocycles. The molecule has 126 valence electrons. The first kappa shape index (κ1) is 17.9. The molecule has 0 fully saturated rings. The molecule has 0 saturated heterocycles. The number of nitrogens with two attached hydrogens (primary N) is 1.